The van der Waals surface area contributed by atoms with Gasteiger partial charge in [0.05, 0.1) is 17.5 Å². The maximum absolute atomic E-state index is 12.8. The van der Waals surface area contributed by atoms with Crippen LogP contribution >= 0.6 is 11.6 Å². The lowest BCUT2D eigenvalue weighted by atomic mass is 9.97. The maximum atomic E-state index is 12.8. The second-order valence-electron chi connectivity index (χ2n) is 5.51. The summed E-state index contributed by atoms with van der Waals surface area (Å²) in [6.07, 6.45) is -1.16. The second-order valence-corrected chi connectivity index (χ2v) is 5.91. The number of benzene rings is 1. The minimum atomic E-state index is -4.43. The van der Waals surface area contributed by atoms with Crippen molar-refractivity contribution in [2.24, 2.45) is 0 Å². The van der Waals surface area contributed by atoms with E-state index in [1.54, 1.807) is 32.3 Å². The molecule has 0 unspecified atom stereocenters. The van der Waals surface area contributed by atoms with Gasteiger partial charge in [-0.2, -0.15) is 13.2 Å². The fourth-order valence-electron chi connectivity index (χ4n) is 2.37. The lowest BCUT2D eigenvalue weighted by Gasteiger charge is -2.13. The molecule has 0 aliphatic rings. The summed E-state index contributed by atoms with van der Waals surface area (Å²) in [6, 6.07) is 4.98. The van der Waals surface area contributed by atoms with Crippen LogP contribution in [-0.4, -0.2) is 25.0 Å². The van der Waals surface area contributed by atoms with Crippen molar-refractivity contribution in [1.29, 1.82) is 0 Å². The zero-order valence-electron chi connectivity index (χ0n) is 13.3. The molecule has 3 rings (SSSR count). The molecule has 2 heterocycles. The lowest BCUT2D eigenvalue weighted by molar-refractivity contribution is -0.137. The van der Waals surface area contributed by atoms with Crippen LogP contribution in [0.25, 0.3) is 5.82 Å². The minimum Gasteiger partial charge on any atom is -0.242 e. The van der Waals surface area contributed by atoms with Crippen LogP contribution in [0.3, 0.4) is 0 Å². The third kappa shape index (κ3) is 3.63. The first-order valence-corrected chi connectivity index (χ1v) is 7.72. The quantitative estimate of drug-likeness (QED) is 0.696. The molecule has 0 fully saturated rings. The van der Waals surface area contributed by atoms with Gasteiger partial charge >= 0.3 is 6.18 Å². The van der Waals surface area contributed by atoms with Crippen LogP contribution in [0.15, 0.2) is 36.7 Å². The van der Waals surface area contributed by atoms with Crippen molar-refractivity contribution in [1.82, 2.24) is 25.0 Å². The van der Waals surface area contributed by atoms with Crippen LogP contribution < -0.4 is 0 Å². The molecular formula is C16H13ClF3N5. The summed E-state index contributed by atoms with van der Waals surface area (Å²) in [4.78, 5) is 8.26. The SMILES string of the molecule is Cc1nccc(-n2cc([C@H](C)c3ccc(C(F)(F)F)cc3Cl)nn2)n1. The van der Waals surface area contributed by atoms with Crippen molar-refractivity contribution in [2.75, 3.05) is 0 Å². The van der Waals surface area contributed by atoms with Crippen LogP contribution in [0.2, 0.25) is 5.02 Å². The van der Waals surface area contributed by atoms with Gasteiger partial charge in [-0.1, -0.05) is 29.8 Å². The molecule has 0 aliphatic heterocycles. The topological polar surface area (TPSA) is 56.5 Å². The van der Waals surface area contributed by atoms with Gasteiger partial charge in [-0.15, -0.1) is 5.10 Å². The largest absolute Gasteiger partial charge is 0.416 e. The fraction of sp³-hybridized carbons (Fsp3) is 0.250. The first-order chi connectivity index (χ1) is 11.8. The first-order valence-electron chi connectivity index (χ1n) is 7.34. The Morgan fingerprint density at radius 1 is 1.20 bits per heavy atom. The standard InChI is InChI=1S/C16H13ClF3N5/c1-9(12-4-3-11(7-13(12)17)16(18,19)20)14-8-25(24-23-14)15-5-6-21-10(2)22-15/h3-9H,1-2H3/t9-/m1/s1. The maximum Gasteiger partial charge on any atom is 0.416 e. The molecule has 0 saturated heterocycles. The van der Waals surface area contributed by atoms with Gasteiger partial charge in [0.25, 0.3) is 0 Å². The Kier molecular flexibility index (Phi) is 4.47. The molecule has 0 amide bonds. The Morgan fingerprint density at radius 3 is 2.60 bits per heavy atom. The number of aromatic nitrogens is 5. The number of aryl methyl sites for hydroxylation is 1. The van der Waals surface area contributed by atoms with Gasteiger partial charge in [0.15, 0.2) is 5.82 Å². The molecule has 0 bridgehead atoms. The summed E-state index contributed by atoms with van der Waals surface area (Å²) >= 11 is 6.05. The molecule has 0 radical (unpaired) electrons. The Hall–Kier alpha value is -2.48. The van der Waals surface area contributed by atoms with Crippen LogP contribution in [0.1, 0.15) is 35.5 Å². The van der Waals surface area contributed by atoms with Crippen molar-refractivity contribution < 1.29 is 13.2 Å². The van der Waals surface area contributed by atoms with Gasteiger partial charge in [0, 0.05) is 23.2 Å². The van der Waals surface area contributed by atoms with Crippen LogP contribution in [0.4, 0.5) is 13.2 Å². The molecule has 1 aromatic carbocycles. The van der Waals surface area contributed by atoms with Gasteiger partial charge in [-0.25, -0.2) is 14.6 Å². The molecule has 3 aromatic rings. The Morgan fingerprint density at radius 2 is 1.96 bits per heavy atom. The highest BCUT2D eigenvalue weighted by atomic mass is 35.5. The first kappa shape index (κ1) is 17.3. The second kappa shape index (κ2) is 6.44. The molecule has 0 saturated carbocycles. The van der Waals surface area contributed by atoms with Crippen LogP contribution in [0.5, 0.6) is 0 Å². The highest BCUT2D eigenvalue weighted by Gasteiger charge is 2.31. The van der Waals surface area contributed by atoms with Crippen molar-refractivity contribution >= 4 is 11.6 Å². The number of hydrogen-bond donors (Lipinski definition) is 0. The van der Waals surface area contributed by atoms with E-state index in [1.807, 2.05) is 0 Å². The number of hydrogen-bond acceptors (Lipinski definition) is 4. The van der Waals surface area contributed by atoms with Crippen molar-refractivity contribution in [2.45, 2.75) is 25.9 Å². The minimum absolute atomic E-state index is 0.0368. The van der Waals surface area contributed by atoms with E-state index >= 15 is 0 Å². The summed E-state index contributed by atoms with van der Waals surface area (Å²) in [5.74, 6) is 0.816. The van der Waals surface area contributed by atoms with E-state index < -0.39 is 11.7 Å². The van der Waals surface area contributed by atoms with Crippen molar-refractivity contribution in [3.05, 3.63) is 64.3 Å². The van der Waals surface area contributed by atoms with E-state index in [-0.39, 0.29) is 10.9 Å². The lowest BCUT2D eigenvalue weighted by Crippen LogP contribution is -2.06. The normalized spacial score (nSPS) is 13.0. The average molecular weight is 368 g/mol. The summed E-state index contributed by atoms with van der Waals surface area (Å²) < 4.78 is 39.7. The molecule has 130 valence electrons. The predicted molar refractivity (Wildman–Crippen MR) is 85.7 cm³/mol. The van der Waals surface area contributed by atoms with Gasteiger partial charge in [-0.3, -0.25) is 0 Å². The highest BCUT2D eigenvalue weighted by Crippen LogP contribution is 2.35. The third-order valence-corrected chi connectivity index (χ3v) is 4.07. The summed E-state index contributed by atoms with van der Waals surface area (Å²) in [5, 5.41) is 8.13. The number of nitrogens with zero attached hydrogens (tertiary/aromatic N) is 5. The van der Waals surface area contributed by atoms with E-state index in [0.717, 1.165) is 12.1 Å². The van der Waals surface area contributed by atoms with Crippen molar-refractivity contribution in [3.8, 4) is 5.82 Å². The van der Waals surface area contributed by atoms with Gasteiger partial charge in [0.2, 0.25) is 0 Å². The zero-order valence-corrected chi connectivity index (χ0v) is 14.0. The Balaban J connectivity index is 1.90. The van der Waals surface area contributed by atoms with Crippen LogP contribution in [0, 0.1) is 6.92 Å². The Labute approximate surface area is 146 Å². The van der Waals surface area contributed by atoms with E-state index in [9.17, 15) is 13.2 Å². The van der Waals surface area contributed by atoms with Crippen LogP contribution in [-0.2, 0) is 6.18 Å². The highest BCUT2D eigenvalue weighted by molar-refractivity contribution is 6.31. The van der Waals surface area contributed by atoms with Gasteiger partial charge in [0.1, 0.15) is 5.82 Å². The predicted octanol–water partition coefficient (Wildman–Crippen LogP) is 4.19. The molecule has 0 spiro atoms. The summed E-state index contributed by atoms with van der Waals surface area (Å²) in [6.45, 7) is 3.56. The van der Waals surface area contributed by atoms with E-state index in [4.69, 9.17) is 11.6 Å². The third-order valence-electron chi connectivity index (χ3n) is 3.75. The molecule has 0 N–H and O–H groups in total. The fourth-order valence-corrected chi connectivity index (χ4v) is 2.72. The van der Waals surface area contributed by atoms with E-state index in [0.29, 0.717) is 22.9 Å². The number of alkyl halides is 3. The molecule has 5 nitrogen and oxygen atoms in total. The van der Waals surface area contributed by atoms with Gasteiger partial charge < -0.3 is 0 Å². The summed E-state index contributed by atoms with van der Waals surface area (Å²) in [7, 11) is 0. The van der Waals surface area contributed by atoms with E-state index in [2.05, 4.69) is 20.3 Å². The zero-order chi connectivity index (χ0) is 18.2. The average Bonchev–Trinajstić information content (AvgIpc) is 3.03. The Bertz CT molecular complexity index is 907. The van der Waals surface area contributed by atoms with E-state index in [1.165, 1.54) is 10.7 Å². The number of halogens is 4. The molecule has 0 aliphatic carbocycles. The molecule has 2 aromatic heterocycles. The smallest absolute Gasteiger partial charge is 0.242 e. The number of rotatable bonds is 3. The van der Waals surface area contributed by atoms with Crippen molar-refractivity contribution in [3.63, 3.8) is 0 Å². The molecule has 9 heteroatoms. The summed E-state index contributed by atoms with van der Waals surface area (Å²) in [5.41, 5.74) is 0.326. The molecule has 25 heavy (non-hydrogen) atoms. The van der Waals surface area contributed by atoms with Gasteiger partial charge in [-0.05, 0) is 24.6 Å². The monoisotopic (exact) mass is 367 g/mol. The molecule has 1 atom stereocenters. The molecular weight excluding hydrogens is 355 g/mol.